The summed E-state index contributed by atoms with van der Waals surface area (Å²) in [6, 6.07) is 14.3. The second kappa shape index (κ2) is 8.73. The molecular formula is C25H28FN3O3. The summed E-state index contributed by atoms with van der Waals surface area (Å²) in [4.78, 5) is 15.5. The summed E-state index contributed by atoms with van der Waals surface area (Å²) in [6.07, 6.45) is 2.13. The Morgan fingerprint density at radius 1 is 1.12 bits per heavy atom. The summed E-state index contributed by atoms with van der Waals surface area (Å²) in [5.74, 6) is -0.797. The Balaban J connectivity index is 1.34. The number of piperidine rings is 1. The van der Waals surface area contributed by atoms with Gasteiger partial charge in [-0.3, -0.25) is 9.69 Å². The van der Waals surface area contributed by atoms with Gasteiger partial charge in [0.15, 0.2) is 5.79 Å². The molecule has 0 radical (unpaired) electrons. The van der Waals surface area contributed by atoms with Gasteiger partial charge in [-0.15, -0.1) is 0 Å². The average Bonchev–Trinajstić information content (AvgIpc) is 3.44. The van der Waals surface area contributed by atoms with Crippen LogP contribution in [0.3, 0.4) is 0 Å². The molecule has 32 heavy (non-hydrogen) atoms. The fourth-order valence-corrected chi connectivity index (χ4v) is 4.79. The second-order valence-electron chi connectivity index (χ2n) is 8.81. The van der Waals surface area contributed by atoms with Crippen LogP contribution in [-0.4, -0.2) is 60.2 Å². The van der Waals surface area contributed by atoms with Crippen LogP contribution >= 0.6 is 0 Å². The van der Waals surface area contributed by atoms with Crippen molar-refractivity contribution >= 4 is 11.6 Å². The molecule has 6 nitrogen and oxygen atoms in total. The number of carbonyl (C=O) groups is 1. The lowest BCUT2D eigenvalue weighted by Crippen LogP contribution is -2.48. The summed E-state index contributed by atoms with van der Waals surface area (Å²) >= 11 is 0. The molecule has 0 N–H and O–H groups in total. The van der Waals surface area contributed by atoms with E-state index in [9.17, 15) is 9.18 Å². The predicted octanol–water partition coefficient (Wildman–Crippen LogP) is 3.65. The van der Waals surface area contributed by atoms with Crippen molar-refractivity contribution in [3.63, 3.8) is 0 Å². The third-order valence-electron chi connectivity index (χ3n) is 6.56. The van der Waals surface area contributed by atoms with Crippen LogP contribution < -0.4 is 0 Å². The van der Waals surface area contributed by atoms with Crippen LogP contribution in [-0.2, 0) is 14.3 Å². The van der Waals surface area contributed by atoms with Crippen LogP contribution in [0.4, 0.5) is 4.39 Å². The van der Waals surface area contributed by atoms with Crippen LogP contribution in [0.2, 0.25) is 0 Å². The number of hydrazone groups is 1. The average molecular weight is 438 g/mol. The lowest BCUT2D eigenvalue weighted by Gasteiger charge is -2.37. The Labute approximate surface area is 187 Å². The summed E-state index contributed by atoms with van der Waals surface area (Å²) < 4.78 is 25.1. The number of amides is 1. The Kier molecular flexibility index (Phi) is 5.80. The molecule has 0 bridgehead atoms. The highest BCUT2D eigenvalue weighted by molar-refractivity contribution is 6.03. The first-order valence-corrected chi connectivity index (χ1v) is 11.2. The minimum atomic E-state index is -0.458. The van der Waals surface area contributed by atoms with E-state index in [-0.39, 0.29) is 17.8 Å². The lowest BCUT2D eigenvalue weighted by molar-refractivity contribution is -0.186. The molecule has 2 aromatic rings. The van der Waals surface area contributed by atoms with Crippen molar-refractivity contribution in [3.8, 4) is 0 Å². The largest absolute Gasteiger partial charge is 0.347 e. The Morgan fingerprint density at radius 3 is 2.53 bits per heavy atom. The van der Waals surface area contributed by atoms with Crippen molar-refractivity contribution in [2.45, 2.75) is 38.0 Å². The van der Waals surface area contributed by atoms with Gasteiger partial charge in [-0.2, -0.15) is 5.10 Å². The number of ether oxygens (including phenoxy) is 2. The van der Waals surface area contributed by atoms with Gasteiger partial charge in [-0.25, -0.2) is 9.40 Å². The molecule has 0 unspecified atom stereocenters. The minimum Gasteiger partial charge on any atom is -0.347 e. The van der Waals surface area contributed by atoms with E-state index in [1.807, 2.05) is 25.1 Å². The van der Waals surface area contributed by atoms with Crippen LogP contribution in [0.15, 0.2) is 53.6 Å². The Hall–Kier alpha value is -2.61. The quantitative estimate of drug-likeness (QED) is 0.733. The van der Waals surface area contributed by atoms with E-state index in [1.165, 1.54) is 12.1 Å². The van der Waals surface area contributed by atoms with Gasteiger partial charge in [0.25, 0.3) is 5.91 Å². The SMILES string of the molecule is Cc1cccc(C2=NN(C(=O)CN3CCC4(CC3)OCCO4)[C@@H](c3ccc(F)cc3)C2)c1. The molecule has 1 amide bonds. The molecule has 3 aliphatic heterocycles. The van der Waals surface area contributed by atoms with Crippen molar-refractivity contribution in [3.05, 3.63) is 71.0 Å². The Morgan fingerprint density at radius 2 is 1.84 bits per heavy atom. The summed E-state index contributed by atoms with van der Waals surface area (Å²) in [5.41, 5.74) is 3.92. The van der Waals surface area contributed by atoms with Crippen molar-refractivity contribution in [1.82, 2.24) is 9.91 Å². The number of hydrogen-bond donors (Lipinski definition) is 0. The third kappa shape index (κ3) is 4.33. The zero-order valence-corrected chi connectivity index (χ0v) is 18.3. The molecule has 2 saturated heterocycles. The predicted molar refractivity (Wildman–Crippen MR) is 119 cm³/mol. The highest BCUT2D eigenvalue weighted by atomic mass is 19.1. The summed E-state index contributed by atoms with van der Waals surface area (Å²) in [7, 11) is 0. The van der Waals surface area contributed by atoms with Gasteiger partial charge < -0.3 is 9.47 Å². The molecular weight excluding hydrogens is 409 g/mol. The molecule has 7 heteroatoms. The van der Waals surface area contributed by atoms with E-state index >= 15 is 0 Å². The van der Waals surface area contributed by atoms with Crippen LogP contribution in [0, 0.1) is 12.7 Å². The molecule has 1 atom stereocenters. The number of likely N-dealkylation sites (tertiary alicyclic amines) is 1. The number of rotatable bonds is 4. The number of hydrogen-bond acceptors (Lipinski definition) is 5. The molecule has 3 heterocycles. The van der Waals surface area contributed by atoms with E-state index in [0.29, 0.717) is 26.2 Å². The number of halogens is 1. The van der Waals surface area contributed by atoms with Crippen molar-refractivity contribution < 1.29 is 18.7 Å². The Bertz CT molecular complexity index is 1010. The van der Waals surface area contributed by atoms with Gasteiger partial charge in [0, 0.05) is 32.4 Å². The molecule has 0 aromatic heterocycles. The zero-order chi connectivity index (χ0) is 22.1. The normalized spacial score (nSPS) is 23.0. The van der Waals surface area contributed by atoms with Gasteiger partial charge in [-0.05, 0) is 30.2 Å². The number of benzene rings is 2. The summed E-state index contributed by atoms with van der Waals surface area (Å²) in [6.45, 7) is 5.11. The van der Waals surface area contributed by atoms with E-state index in [0.717, 1.165) is 48.3 Å². The first-order chi connectivity index (χ1) is 15.5. The molecule has 5 rings (SSSR count). The molecule has 3 aliphatic rings. The summed E-state index contributed by atoms with van der Waals surface area (Å²) in [5, 5.41) is 6.34. The number of nitrogens with zero attached hydrogens (tertiary/aromatic N) is 3. The van der Waals surface area contributed by atoms with Crippen LogP contribution in [0.1, 0.15) is 42.0 Å². The minimum absolute atomic E-state index is 0.0498. The fourth-order valence-electron chi connectivity index (χ4n) is 4.79. The van der Waals surface area contributed by atoms with Gasteiger partial charge in [0.1, 0.15) is 5.82 Å². The maximum Gasteiger partial charge on any atom is 0.257 e. The maximum atomic E-state index is 13.5. The van der Waals surface area contributed by atoms with Gasteiger partial charge >= 0.3 is 0 Å². The monoisotopic (exact) mass is 437 g/mol. The van der Waals surface area contributed by atoms with Crippen molar-refractivity contribution in [1.29, 1.82) is 0 Å². The lowest BCUT2D eigenvalue weighted by atomic mass is 9.97. The van der Waals surface area contributed by atoms with Gasteiger partial charge in [0.05, 0.1) is 31.5 Å². The zero-order valence-electron chi connectivity index (χ0n) is 18.3. The fraction of sp³-hybridized carbons (Fsp3) is 0.440. The first-order valence-electron chi connectivity index (χ1n) is 11.2. The molecule has 0 saturated carbocycles. The topological polar surface area (TPSA) is 54.4 Å². The highest BCUT2D eigenvalue weighted by Crippen LogP contribution is 2.34. The number of aryl methyl sites for hydroxylation is 1. The standard InChI is InChI=1S/C25H28FN3O3/c1-18-3-2-4-20(15-18)22-16-23(19-5-7-21(26)8-6-19)29(27-22)24(30)17-28-11-9-25(10-12-28)31-13-14-32-25/h2-8,15,23H,9-14,16-17H2,1H3/t23-/m1/s1. The first kappa shape index (κ1) is 21.2. The van der Waals surface area contributed by atoms with E-state index < -0.39 is 5.79 Å². The van der Waals surface area contributed by atoms with E-state index in [2.05, 4.69) is 11.0 Å². The molecule has 168 valence electrons. The van der Waals surface area contributed by atoms with Crippen LogP contribution in [0.5, 0.6) is 0 Å². The van der Waals surface area contributed by atoms with Crippen molar-refractivity contribution in [2.24, 2.45) is 5.10 Å². The molecule has 2 fully saturated rings. The van der Waals surface area contributed by atoms with E-state index in [4.69, 9.17) is 14.6 Å². The van der Waals surface area contributed by atoms with E-state index in [1.54, 1.807) is 17.1 Å². The van der Waals surface area contributed by atoms with Gasteiger partial charge in [-0.1, -0.05) is 42.0 Å². The smallest absolute Gasteiger partial charge is 0.257 e. The maximum absolute atomic E-state index is 13.5. The second-order valence-corrected chi connectivity index (χ2v) is 8.81. The van der Waals surface area contributed by atoms with Crippen LogP contribution in [0.25, 0.3) is 0 Å². The van der Waals surface area contributed by atoms with Gasteiger partial charge in [0.2, 0.25) is 0 Å². The third-order valence-corrected chi connectivity index (χ3v) is 6.56. The number of carbonyl (C=O) groups excluding carboxylic acids is 1. The van der Waals surface area contributed by atoms with Crippen molar-refractivity contribution in [2.75, 3.05) is 32.8 Å². The molecule has 0 aliphatic carbocycles. The highest BCUT2D eigenvalue weighted by Gasteiger charge is 2.41. The molecule has 2 aromatic carbocycles. The molecule has 1 spiro atoms.